The van der Waals surface area contributed by atoms with E-state index in [-0.39, 0.29) is 43.8 Å². The van der Waals surface area contributed by atoms with Crippen LogP contribution in [-0.4, -0.2) is 66.7 Å². The van der Waals surface area contributed by atoms with Crippen molar-refractivity contribution < 1.29 is 17.1 Å². The van der Waals surface area contributed by atoms with Gasteiger partial charge in [0.25, 0.3) is 0 Å². The molecule has 2 rings (SSSR count). The number of nitrogens with zero attached hydrogens (tertiary/aromatic N) is 2. The molecule has 106 valence electrons. The summed E-state index contributed by atoms with van der Waals surface area (Å²) in [5.41, 5.74) is 0. The molecule has 2 saturated heterocycles. The van der Waals surface area contributed by atoms with Gasteiger partial charge in [0, 0.05) is 9.29 Å². The lowest BCUT2D eigenvalue weighted by molar-refractivity contribution is -0.141. The Hall–Kier alpha value is -1.43. The van der Waals surface area contributed by atoms with E-state index in [1.165, 1.54) is 4.90 Å². The molecule has 2 aliphatic heterocycles. The smallest absolute Gasteiger partial charge is 0.243 e. The molecule has 0 bridgehead atoms. The highest BCUT2D eigenvalue weighted by Crippen LogP contribution is 2.23. The average molecular weight is 271 g/mol. The predicted octanol–water partition coefficient (Wildman–Crippen LogP) is -0.613. The molecule has 1 N–H and O–H groups in total. The van der Waals surface area contributed by atoms with Crippen molar-refractivity contribution in [3.8, 4) is 0 Å². The SMILES string of the molecule is [3H]C1CC(C(=O)N2CC([3H])CC2C(=O)NCC=O)N(C)C1. The van der Waals surface area contributed by atoms with E-state index in [9.17, 15) is 14.4 Å². The largest absolute Gasteiger partial charge is 0.348 e. The monoisotopic (exact) mass is 271 g/mol. The number of carbonyl (C=O) groups excluding carboxylic acids is 3. The second-order valence-electron chi connectivity index (χ2n) is 4.92. The maximum absolute atomic E-state index is 12.6. The van der Waals surface area contributed by atoms with E-state index in [1.807, 2.05) is 4.90 Å². The van der Waals surface area contributed by atoms with Crippen molar-refractivity contribution in [2.24, 2.45) is 0 Å². The van der Waals surface area contributed by atoms with Crippen molar-refractivity contribution in [2.45, 2.75) is 37.7 Å². The molecule has 6 heteroatoms. The van der Waals surface area contributed by atoms with Crippen molar-refractivity contribution in [1.29, 1.82) is 0 Å². The van der Waals surface area contributed by atoms with Gasteiger partial charge in [0.05, 0.1) is 12.6 Å². The third kappa shape index (κ3) is 2.94. The molecule has 0 radical (unpaired) electrons. The first-order chi connectivity index (χ1) is 9.93. The van der Waals surface area contributed by atoms with Crippen LogP contribution >= 0.6 is 0 Å². The molecule has 0 aromatic heterocycles. The number of amides is 2. The topological polar surface area (TPSA) is 69.7 Å². The Labute approximate surface area is 115 Å². The molecule has 2 fully saturated rings. The number of aldehydes is 1. The highest BCUT2D eigenvalue weighted by Gasteiger charge is 2.39. The molecule has 2 heterocycles. The van der Waals surface area contributed by atoms with Gasteiger partial charge < -0.3 is 15.0 Å². The summed E-state index contributed by atoms with van der Waals surface area (Å²) in [6, 6.07) is -1.07. The van der Waals surface area contributed by atoms with Crippen LogP contribution in [-0.2, 0) is 14.4 Å². The van der Waals surface area contributed by atoms with Crippen molar-refractivity contribution in [2.75, 3.05) is 26.7 Å². The standard InChI is InChI=1S/C13H21N3O3/c1-15-7-2-5-11(15)13(19)16-8-3-4-10(16)12(18)14-6-9-17/h9-11H,2-8H2,1H3,(H,14,18)/i2T,3T. The van der Waals surface area contributed by atoms with E-state index >= 15 is 0 Å². The van der Waals surface area contributed by atoms with Crippen molar-refractivity contribution in [3.63, 3.8) is 0 Å². The van der Waals surface area contributed by atoms with Gasteiger partial charge in [-0.3, -0.25) is 14.5 Å². The summed E-state index contributed by atoms with van der Waals surface area (Å²) in [5.74, 6) is -0.568. The molecular formula is C13H21N3O3. The fraction of sp³-hybridized carbons (Fsp3) is 0.769. The predicted molar refractivity (Wildman–Crippen MR) is 69.5 cm³/mol. The van der Waals surface area contributed by atoms with E-state index in [4.69, 9.17) is 2.74 Å². The van der Waals surface area contributed by atoms with Crippen LogP contribution < -0.4 is 5.32 Å². The minimum atomic E-state index is -0.682. The number of carbonyl (C=O) groups is 3. The molecule has 0 saturated carbocycles. The zero-order valence-electron chi connectivity index (χ0n) is 13.0. The summed E-state index contributed by atoms with van der Waals surface area (Å²) in [7, 11) is 1.80. The van der Waals surface area contributed by atoms with Crippen LogP contribution in [0.25, 0.3) is 0 Å². The number of hydrogen-bond acceptors (Lipinski definition) is 4. The van der Waals surface area contributed by atoms with E-state index in [0.717, 1.165) is 0 Å². The molecule has 2 amide bonds. The van der Waals surface area contributed by atoms with Gasteiger partial charge in [-0.25, -0.2) is 0 Å². The van der Waals surface area contributed by atoms with Gasteiger partial charge >= 0.3 is 0 Å². The van der Waals surface area contributed by atoms with Crippen molar-refractivity contribution in [3.05, 3.63) is 0 Å². The van der Waals surface area contributed by atoms with Crippen LogP contribution in [0.3, 0.4) is 0 Å². The molecule has 4 atom stereocenters. The zero-order valence-corrected chi connectivity index (χ0v) is 11.0. The second-order valence-corrected chi connectivity index (χ2v) is 4.92. The van der Waals surface area contributed by atoms with Crippen molar-refractivity contribution >= 4 is 18.1 Å². The minimum absolute atomic E-state index is 0.0852. The minimum Gasteiger partial charge on any atom is -0.348 e. The van der Waals surface area contributed by atoms with Crippen LogP contribution in [0.1, 0.15) is 28.4 Å². The lowest BCUT2D eigenvalue weighted by atomic mass is 10.1. The Balaban J connectivity index is 2.07. The van der Waals surface area contributed by atoms with Crippen molar-refractivity contribution in [1.82, 2.24) is 15.1 Å². The fourth-order valence-corrected chi connectivity index (χ4v) is 2.60. The summed E-state index contributed by atoms with van der Waals surface area (Å²) < 4.78 is 15.6. The molecule has 6 nitrogen and oxygen atoms in total. The van der Waals surface area contributed by atoms with Gasteiger partial charge in [0.2, 0.25) is 11.8 Å². The molecule has 0 aliphatic carbocycles. The Morgan fingerprint density at radius 3 is 2.63 bits per heavy atom. The third-order valence-corrected chi connectivity index (χ3v) is 3.66. The van der Waals surface area contributed by atoms with Gasteiger partial charge in [0.15, 0.2) is 0 Å². The normalized spacial score (nSPS) is 36.8. The first kappa shape index (κ1) is 11.4. The van der Waals surface area contributed by atoms with E-state index in [0.29, 0.717) is 19.3 Å². The summed E-state index contributed by atoms with van der Waals surface area (Å²) >= 11 is 0. The quantitative estimate of drug-likeness (QED) is 0.692. The van der Waals surface area contributed by atoms with E-state index in [1.54, 1.807) is 7.05 Å². The maximum atomic E-state index is 12.6. The Kier molecular flexibility index (Phi) is 3.69. The van der Waals surface area contributed by atoms with Gasteiger partial charge in [-0.1, -0.05) is 0 Å². The maximum Gasteiger partial charge on any atom is 0.243 e. The molecule has 19 heavy (non-hydrogen) atoms. The molecular weight excluding hydrogens is 246 g/mol. The summed E-state index contributed by atoms with van der Waals surface area (Å²) in [6.45, 7) is 0.680. The molecule has 0 aromatic rings. The van der Waals surface area contributed by atoms with E-state index < -0.39 is 12.4 Å². The van der Waals surface area contributed by atoms with Gasteiger partial charge in [-0.05, 0) is 39.2 Å². The third-order valence-electron chi connectivity index (χ3n) is 3.66. The number of hydrogen-bond donors (Lipinski definition) is 1. The van der Waals surface area contributed by atoms with Crippen LogP contribution in [0.15, 0.2) is 0 Å². The zero-order chi connectivity index (χ0) is 15.6. The number of likely N-dealkylation sites (N-methyl/N-ethyl adjacent to an activating group) is 1. The Bertz CT molecular complexity index is 435. The van der Waals surface area contributed by atoms with Gasteiger partial charge in [0.1, 0.15) is 12.3 Å². The summed E-state index contributed by atoms with van der Waals surface area (Å²) in [4.78, 5) is 38.2. The highest BCUT2D eigenvalue weighted by molar-refractivity contribution is 5.91. The second kappa shape index (κ2) is 6.14. The number of nitrogens with one attached hydrogen (secondary N) is 1. The fourth-order valence-electron chi connectivity index (χ4n) is 2.60. The summed E-state index contributed by atoms with van der Waals surface area (Å²) in [5, 5.41) is 2.46. The van der Waals surface area contributed by atoms with E-state index in [2.05, 4.69) is 5.32 Å². The number of rotatable bonds is 4. The number of likely N-dealkylation sites (tertiary alicyclic amines) is 2. The van der Waals surface area contributed by atoms with Crippen LogP contribution in [0.2, 0.25) is 0 Å². The Morgan fingerprint density at radius 1 is 1.32 bits per heavy atom. The molecule has 0 spiro atoms. The Morgan fingerprint density at radius 2 is 2.00 bits per heavy atom. The molecule has 4 unspecified atom stereocenters. The highest BCUT2D eigenvalue weighted by atomic mass is 16.2. The first-order valence-electron chi connectivity index (χ1n) is 7.66. The van der Waals surface area contributed by atoms with Crippen LogP contribution in [0.4, 0.5) is 0 Å². The van der Waals surface area contributed by atoms with Gasteiger partial charge in [-0.15, -0.1) is 0 Å². The van der Waals surface area contributed by atoms with Crippen LogP contribution in [0, 0.1) is 0 Å². The lowest BCUT2D eigenvalue weighted by Gasteiger charge is -2.29. The molecule has 0 aromatic carbocycles. The van der Waals surface area contributed by atoms with Gasteiger partial charge in [-0.2, -0.15) is 0 Å². The lowest BCUT2D eigenvalue weighted by Crippen LogP contribution is -2.51. The molecule has 2 aliphatic rings. The first-order valence-corrected chi connectivity index (χ1v) is 6.50. The average Bonchev–Trinajstić information content (AvgIpc) is 2.98. The summed E-state index contributed by atoms with van der Waals surface area (Å²) in [6.07, 6.45) is 0.557. The van der Waals surface area contributed by atoms with Crippen LogP contribution in [0.5, 0.6) is 0 Å².